The number of nitrogens with zero attached hydrogens (tertiary/aromatic N) is 2. The van der Waals surface area contributed by atoms with Crippen molar-refractivity contribution in [3.8, 4) is 0 Å². The standard InChI is InChI=1S/C11H17BrN2S/c1-8-9(2)15-11(13-8)7-14-5-3-4-10(12)6-14/h10H,3-7H2,1-2H3. The molecule has 1 atom stereocenters. The maximum absolute atomic E-state index is 4.59. The van der Waals surface area contributed by atoms with Crippen LogP contribution in [0.25, 0.3) is 0 Å². The third kappa shape index (κ3) is 3.02. The van der Waals surface area contributed by atoms with E-state index in [1.807, 2.05) is 11.3 Å². The molecule has 2 nitrogen and oxygen atoms in total. The predicted octanol–water partition coefficient (Wildman–Crippen LogP) is 3.12. The monoisotopic (exact) mass is 288 g/mol. The van der Waals surface area contributed by atoms with Crippen molar-refractivity contribution in [1.29, 1.82) is 0 Å². The Balaban J connectivity index is 1.96. The molecule has 0 amide bonds. The highest BCUT2D eigenvalue weighted by molar-refractivity contribution is 9.09. The van der Waals surface area contributed by atoms with E-state index in [-0.39, 0.29) is 0 Å². The molecule has 1 aromatic heterocycles. The van der Waals surface area contributed by atoms with E-state index in [4.69, 9.17) is 0 Å². The molecule has 0 N–H and O–H groups in total. The van der Waals surface area contributed by atoms with Gasteiger partial charge in [-0.15, -0.1) is 11.3 Å². The number of alkyl halides is 1. The fourth-order valence-electron chi connectivity index (χ4n) is 1.94. The Labute approximate surface area is 104 Å². The average molecular weight is 289 g/mol. The molecule has 0 radical (unpaired) electrons. The van der Waals surface area contributed by atoms with Crippen LogP contribution in [-0.2, 0) is 6.54 Å². The van der Waals surface area contributed by atoms with Crippen molar-refractivity contribution in [3.05, 3.63) is 15.6 Å². The number of hydrogen-bond donors (Lipinski definition) is 0. The van der Waals surface area contributed by atoms with Crippen LogP contribution in [0.2, 0.25) is 0 Å². The SMILES string of the molecule is Cc1nc(CN2CCCC(Br)C2)sc1C. The molecule has 1 aliphatic rings. The quantitative estimate of drug-likeness (QED) is 0.778. The summed E-state index contributed by atoms with van der Waals surface area (Å²) in [6, 6.07) is 0. The van der Waals surface area contributed by atoms with Gasteiger partial charge < -0.3 is 0 Å². The Bertz CT molecular complexity index is 318. The summed E-state index contributed by atoms with van der Waals surface area (Å²) in [5.74, 6) is 0. The first-order valence-electron chi connectivity index (χ1n) is 5.44. The van der Waals surface area contributed by atoms with E-state index >= 15 is 0 Å². The van der Waals surface area contributed by atoms with E-state index in [0.717, 1.165) is 13.1 Å². The van der Waals surface area contributed by atoms with Crippen molar-refractivity contribution >= 4 is 27.3 Å². The second kappa shape index (κ2) is 4.93. The van der Waals surface area contributed by atoms with Gasteiger partial charge in [-0.2, -0.15) is 0 Å². The molecule has 1 aromatic rings. The highest BCUT2D eigenvalue weighted by atomic mass is 79.9. The second-order valence-corrected chi connectivity index (χ2v) is 6.81. The summed E-state index contributed by atoms with van der Waals surface area (Å²) >= 11 is 5.54. The minimum absolute atomic E-state index is 0.674. The number of thiazole rings is 1. The van der Waals surface area contributed by atoms with E-state index < -0.39 is 0 Å². The molecular weight excluding hydrogens is 272 g/mol. The van der Waals surface area contributed by atoms with Gasteiger partial charge in [-0.25, -0.2) is 4.98 Å². The first-order chi connectivity index (χ1) is 7.15. The minimum Gasteiger partial charge on any atom is -0.296 e. The summed E-state index contributed by atoms with van der Waals surface area (Å²) in [6.07, 6.45) is 2.62. The number of piperidine rings is 1. The second-order valence-electron chi connectivity index (χ2n) is 4.22. The van der Waals surface area contributed by atoms with Gasteiger partial charge in [-0.3, -0.25) is 4.90 Å². The van der Waals surface area contributed by atoms with Crippen molar-refractivity contribution in [2.75, 3.05) is 13.1 Å². The van der Waals surface area contributed by atoms with Crippen LogP contribution in [0.4, 0.5) is 0 Å². The Kier molecular flexibility index (Phi) is 3.80. The fourth-order valence-corrected chi connectivity index (χ4v) is 3.65. The largest absolute Gasteiger partial charge is 0.296 e. The van der Waals surface area contributed by atoms with Gasteiger partial charge in [-0.1, -0.05) is 15.9 Å². The molecule has 0 bridgehead atoms. The molecule has 1 unspecified atom stereocenters. The molecular formula is C11H17BrN2S. The third-order valence-corrected chi connectivity index (χ3v) is 4.68. The number of halogens is 1. The van der Waals surface area contributed by atoms with Gasteiger partial charge in [0.2, 0.25) is 0 Å². The summed E-state index contributed by atoms with van der Waals surface area (Å²) < 4.78 is 0. The average Bonchev–Trinajstić information content (AvgIpc) is 2.45. The molecule has 2 heterocycles. The van der Waals surface area contributed by atoms with E-state index in [1.165, 1.54) is 35.0 Å². The van der Waals surface area contributed by atoms with Crippen LogP contribution in [-0.4, -0.2) is 27.8 Å². The molecule has 1 aliphatic heterocycles. The lowest BCUT2D eigenvalue weighted by molar-refractivity contribution is 0.227. The number of rotatable bonds is 2. The molecule has 15 heavy (non-hydrogen) atoms. The van der Waals surface area contributed by atoms with E-state index in [2.05, 4.69) is 39.7 Å². The highest BCUT2D eigenvalue weighted by Crippen LogP contribution is 2.22. The van der Waals surface area contributed by atoms with Crippen LogP contribution in [0.15, 0.2) is 0 Å². The Morgan fingerprint density at radius 1 is 1.53 bits per heavy atom. The van der Waals surface area contributed by atoms with E-state index in [9.17, 15) is 0 Å². The van der Waals surface area contributed by atoms with Gasteiger partial charge >= 0.3 is 0 Å². The Morgan fingerprint density at radius 3 is 2.93 bits per heavy atom. The van der Waals surface area contributed by atoms with E-state index in [1.54, 1.807) is 0 Å². The maximum atomic E-state index is 4.59. The first-order valence-corrected chi connectivity index (χ1v) is 7.17. The van der Waals surface area contributed by atoms with Gasteiger partial charge in [0.05, 0.1) is 12.2 Å². The zero-order chi connectivity index (χ0) is 10.8. The maximum Gasteiger partial charge on any atom is 0.107 e. The minimum atomic E-state index is 0.674. The first kappa shape index (κ1) is 11.6. The summed E-state index contributed by atoms with van der Waals surface area (Å²) in [6.45, 7) is 7.66. The predicted molar refractivity (Wildman–Crippen MR) is 68.8 cm³/mol. The lowest BCUT2D eigenvalue weighted by Gasteiger charge is -2.28. The molecule has 0 aliphatic carbocycles. The van der Waals surface area contributed by atoms with E-state index in [0.29, 0.717) is 4.83 Å². The zero-order valence-electron chi connectivity index (χ0n) is 9.29. The lowest BCUT2D eigenvalue weighted by atomic mass is 10.1. The zero-order valence-corrected chi connectivity index (χ0v) is 11.7. The normalized spacial score (nSPS) is 23.3. The number of aromatic nitrogens is 1. The smallest absolute Gasteiger partial charge is 0.107 e. The number of likely N-dealkylation sites (tertiary alicyclic amines) is 1. The number of hydrogen-bond acceptors (Lipinski definition) is 3. The van der Waals surface area contributed by atoms with Crippen LogP contribution in [0.3, 0.4) is 0 Å². The topological polar surface area (TPSA) is 16.1 Å². The molecule has 0 spiro atoms. The fraction of sp³-hybridized carbons (Fsp3) is 0.727. The number of aryl methyl sites for hydroxylation is 2. The van der Waals surface area contributed by atoms with Crippen molar-refractivity contribution in [2.24, 2.45) is 0 Å². The van der Waals surface area contributed by atoms with Crippen LogP contribution >= 0.6 is 27.3 Å². The van der Waals surface area contributed by atoms with Gasteiger partial charge in [-0.05, 0) is 33.2 Å². The Morgan fingerprint density at radius 2 is 2.33 bits per heavy atom. The van der Waals surface area contributed by atoms with Crippen LogP contribution in [0.1, 0.15) is 28.4 Å². The molecule has 1 saturated heterocycles. The summed E-state index contributed by atoms with van der Waals surface area (Å²) in [5.41, 5.74) is 1.20. The van der Waals surface area contributed by atoms with Gasteiger partial charge in [0.15, 0.2) is 0 Å². The molecule has 2 rings (SSSR count). The Hall–Kier alpha value is 0.0700. The van der Waals surface area contributed by atoms with Gasteiger partial charge in [0.25, 0.3) is 0 Å². The van der Waals surface area contributed by atoms with Crippen molar-refractivity contribution in [1.82, 2.24) is 9.88 Å². The van der Waals surface area contributed by atoms with Crippen LogP contribution < -0.4 is 0 Å². The third-order valence-electron chi connectivity index (χ3n) is 2.88. The van der Waals surface area contributed by atoms with Crippen molar-refractivity contribution in [3.63, 3.8) is 0 Å². The molecule has 1 fully saturated rings. The summed E-state index contributed by atoms with van der Waals surface area (Å²) in [7, 11) is 0. The molecule has 84 valence electrons. The summed E-state index contributed by atoms with van der Waals surface area (Å²) in [5, 5.41) is 1.27. The molecule has 0 aromatic carbocycles. The molecule has 0 saturated carbocycles. The van der Waals surface area contributed by atoms with Crippen LogP contribution in [0, 0.1) is 13.8 Å². The van der Waals surface area contributed by atoms with Gasteiger partial charge in [0.1, 0.15) is 5.01 Å². The van der Waals surface area contributed by atoms with Crippen molar-refractivity contribution < 1.29 is 0 Å². The van der Waals surface area contributed by atoms with Gasteiger partial charge in [0, 0.05) is 16.2 Å². The lowest BCUT2D eigenvalue weighted by Crippen LogP contribution is -2.35. The highest BCUT2D eigenvalue weighted by Gasteiger charge is 2.18. The molecule has 4 heteroatoms. The van der Waals surface area contributed by atoms with Crippen molar-refractivity contribution in [2.45, 2.75) is 38.1 Å². The van der Waals surface area contributed by atoms with Crippen LogP contribution in [0.5, 0.6) is 0 Å². The summed E-state index contributed by atoms with van der Waals surface area (Å²) in [4.78, 5) is 9.12.